The van der Waals surface area contributed by atoms with Crippen LogP contribution in [0.3, 0.4) is 0 Å². The quantitative estimate of drug-likeness (QED) is 0.853. The highest BCUT2D eigenvalue weighted by Crippen LogP contribution is 2.27. The van der Waals surface area contributed by atoms with Crippen LogP contribution >= 0.6 is 0 Å². The first-order valence-corrected chi connectivity index (χ1v) is 6.00. The van der Waals surface area contributed by atoms with Gasteiger partial charge in [-0.1, -0.05) is 6.07 Å². The Balaban J connectivity index is 2.29. The summed E-state index contributed by atoms with van der Waals surface area (Å²) in [5, 5.41) is 3.23. The second-order valence-electron chi connectivity index (χ2n) is 4.55. The molecule has 17 heavy (non-hydrogen) atoms. The first-order chi connectivity index (χ1) is 8.11. The van der Waals surface area contributed by atoms with Crippen molar-refractivity contribution in [2.24, 2.45) is 0 Å². The van der Waals surface area contributed by atoms with Crippen LogP contribution in [0.15, 0.2) is 12.1 Å². The molecule has 0 bridgehead atoms. The molecule has 2 nitrogen and oxygen atoms in total. The molecule has 1 aliphatic rings. The van der Waals surface area contributed by atoms with Crippen molar-refractivity contribution >= 4 is 0 Å². The molecule has 1 heterocycles. The van der Waals surface area contributed by atoms with Gasteiger partial charge in [0.25, 0.3) is 0 Å². The van der Waals surface area contributed by atoms with Crippen molar-refractivity contribution in [3.8, 4) is 0 Å². The zero-order chi connectivity index (χ0) is 12.4. The van der Waals surface area contributed by atoms with Crippen LogP contribution in [0.5, 0.6) is 0 Å². The molecule has 0 saturated carbocycles. The topological polar surface area (TPSA) is 15.3 Å². The second-order valence-corrected chi connectivity index (χ2v) is 4.55. The Morgan fingerprint density at radius 3 is 2.53 bits per heavy atom. The van der Waals surface area contributed by atoms with E-state index in [4.69, 9.17) is 0 Å². The van der Waals surface area contributed by atoms with Crippen molar-refractivity contribution in [2.75, 3.05) is 26.2 Å². The van der Waals surface area contributed by atoms with Crippen molar-refractivity contribution in [3.05, 3.63) is 34.9 Å². The first-order valence-electron chi connectivity index (χ1n) is 6.00. The maximum Gasteiger partial charge on any atom is 0.133 e. The van der Waals surface area contributed by atoms with E-state index in [1.807, 2.05) is 6.92 Å². The van der Waals surface area contributed by atoms with Crippen molar-refractivity contribution in [3.63, 3.8) is 0 Å². The van der Waals surface area contributed by atoms with E-state index in [-0.39, 0.29) is 11.6 Å². The van der Waals surface area contributed by atoms with Gasteiger partial charge in [-0.2, -0.15) is 0 Å². The fourth-order valence-corrected chi connectivity index (χ4v) is 2.31. The molecule has 94 valence electrons. The molecule has 0 aliphatic carbocycles. The number of rotatable bonds is 2. The number of hydrogen-bond donors (Lipinski definition) is 1. The van der Waals surface area contributed by atoms with E-state index >= 15 is 0 Å². The highest BCUT2D eigenvalue weighted by Gasteiger charge is 2.24. The summed E-state index contributed by atoms with van der Waals surface area (Å²) < 4.78 is 27.7. The summed E-state index contributed by atoms with van der Waals surface area (Å²) in [5.41, 5.74) is 0.704. The highest BCUT2D eigenvalue weighted by molar-refractivity contribution is 5.29. The lowest BCUT2D eigenvalue weighted by Gasteiger charge is -2.33. The van der Waals surface area contributed by atoms with Gasteiger partial charge in [0.15, 0.2) is 0 Å². The van der Waals surface area contributed by atoms with Crippen molar-refractivity contribution in [2.45, 2.75) is 19.9 Å². The first kappa shape index (κ1) is 12.5. The van der Waals surface area contributed by atoms with Crippen LogP contribution in [0.2, 0.25) is 0 Å². The Hall–Kier alpha value is -1.00. The molecule has 0 unspecified atom stereocenters. The predicted molar refractivity (Wildman–Crippen MR) is 64.0 cm³/mol. The lowest BCUT2D eigenvalue weighted by molar-refractivity contribution is 0.179. The Bertz CT molecular complexity index is 401. The number of piperazine rings is 1. The number of hydrogen-bond acceptors (Lipinski definition) is 2. The maximum absolute atomic E-state index is 14.0. The standard InChI is InChI=1S/C13H18F2N2/c1-9-3-4-11(14)12(13(9)15)10(2)17-7-5-16-6-8-17/h3-4,10,16H,5-8H2,1-2H3/t10-/m1/s1. The normalized spacial score (nSPS) is 19.3. The van der Waals surface area contributed by atoms with Gasteiger partial charge in [-0.25, -0.2) is 8.78 Å². The van der Waals surface area contributed by atoms with Gasteiger partial charge in [0, 0.05) is 37.8 Å². The number of halogens is 2. The molecule has 1 saturated heterocycles. The third-order valence-electron chi connectivity index (χ3n) is 3.44. The molecule has 0 radical (unpaired) electrons. The van der Waals surface area contributed by atoms with Crippen LogP contribution in [0.4, 0.5) is 8.78 Å². The summed E-state index contributed by atoms with van der Waals surface area (Å²) in [6.45, 7) is 6.94. The number of benzene rings is 1. The van der Waals surface area contributed by atoms with E-state index in [0.717, 1.165) is 26.2 Å². The van der Waals surface area contributed by atoms with Gasteiger partial charge >= 0.3 is 0 Å². The van der Waals surface area contributed by atoms with E-state index in [0.29, 0.717) is 5.56 Å². The molecule has 1 aromatic carbocycles. The SMILES string of the molecule is Cc1ccc(F)c([C@@H](C)N2CCNCC2)c1F. The zero-order valence-corrected chi connectivity index (χ0v) is 10.3. The average molecular weight is 240 g/mol. The molecule has 1 atom stereocenters. The van der Waals surface area contributed by atoms with Crippen LogP contribution in [0.1, 0.15) is 24.1 Å². The summed E-state index contributed by atoms with van der Waals surface area (Å²) in [6, 6.07) is 2.63. The maximum atomic E-state index is 14.0. The number of nitrogens with one attached hydrogen (secondary N) is 1. The van der Waals surface area contributed by atoms with E-state index in [1.165, 1.54) is 12.1 Å². The molecular formula is C13H18F2N2. The largest absolute Gasteiger partial charge is 0.314 e. The minimum Gasteiger partial charge on any atom is -0.314 e. The van der Waals surface area contributed by atoms with E-state index in [1.54, 1.807) is 6.92 Å². The van der Waals surface area contributed by atoms with Crippen LogP contribution in [-0.4, -0.2) is 31.1 Å². The van der Waals surface area contributed by atoms with E-state index in [2.05, 4.69) is 10.2 Å². The fourth-order valence-electron chi connectivity index (χ4n) is 2.31. The molecule has 0 aromatic heterocycles. The van der Waals surface area contributed by atoms with E-state index < -0.39 is 11.6 Å². The van der Waals surface area contributed by atoms with Crippen LogP contribution in [-0.2, 0) is 0 Å². The summed E-state index contributed by atoms with van der Waals surface area (Å²) in [7, 11) is 0. The van der Waals surface area contributed by atoms with Crippen molar-refractivity contribution < 1.29 is 8.78 Å². The van der Waals surface area contributed by atoms with Crippen LogP contribution < -0.4 is 5.32 Å². The molecule has 4 heteroatoms. The average Bonchev–Trinajstić information content (AvgIpc) is 2.35. The number of nitrogens with zero attached hydrogens (tertiary/aromatic N) is 1. The Labute approximate surface area is 101 Å². The van der Waals surface area contributed by atoms with Gasteiger partial charge in [-0.3, -0.25) is 4.90 Å². The van der Waals surface area contributed by atoms with Gasteiger partial charge < -0.3 is 5.32 Å². The van der Waals surface area contributed by atoms with Gasteiger partial charge in [0.2, 0.25) is 0 Å². The van der Waals surface area contributed by atoms with Crippen molar-refractivity contribution in [1.29, 1.82) is 0 Å². The van der Waals surface area contributed by atoms with Gasteiger partial charge in [-0.05, 0) is 25.5 Å². The number of aryl methyl sites for hydroxylation is 1. The zero-order valence-electron chi connectivity index (χ0n) is 10.3. The predicted octanol–water partition coefficient (Wildman–Crippen LogP) is 2.24. The molecule has 1 aromatic rings. The smallest absolute Gasteiger partial charge is 0.133 e. The van der Waals surface area contributed by atoms with E-state index in [9.17, 15) is 8.78 Å². The minimum absolute atomic E-state index is 0.201. The molecular weight excluding hydrogens is 222 g/mol. The molecule has 0 amide bonds. The summed E-state index contributed by atoms with van der Waals surface area (Å²) >= 11 is 0. The third kappa shape index (κ3) is 2.48. The monoisotopic (exact) mass is 240 g/mol. The Kier molecular flexibility index (Phi) is 3.74. The van der Waals surface area contributed by atoms with Crippen LogP contribution in [0, 0.1) is 18.6 Å². The molecule has 1 fully saturated rings. The molecule has 0 spiro atoms. The lowest BCUT2D eigenvalue weighted by Crippen LogP contribution is -2.44. The van der Waals surface area contributed by atoms with Gasteiger partial charge in [-0.15, -0.1) is 0 Å². The Morgan fingerprint density at radius 1 is 1.24 bits per heavy atom. The summed E-state index contributed by atoms with van der Waals surface area (Å²) in [6.07, 6.45) is 0. The molecule has 2 rings (SSSR count). The highest BCUT2D eigenvalue weighted by atomic mass is 19.1. The summed E-state index contributed by atoms with van der Waals surface area (Å²) in [5.74, 6) is -0.852. The molecule has 1 aliphatic heterocycles. The Morgan fingerprint density at radius 2 is 1.88 bits per heavy atom. The third-order valence-corrected chi connectivity index (χ3v) is 3.44. The fraction of sp³-hybridized carbons (Fsp3) is 0.538. The van der Waals surface area contributed by atoms with Crippen LogP contribution in [0.25, 0.3) is 0 Å². The van der Waals surface area contributed by atoms with Gasteiger partial charge in [0.1, 0.15) is 11.6 Å². The van der Waals surface area contributed by atoms with Gasteiger partial charge in [0.05, 0.1) is 0 Å². The minimum atomic E-state index is -0.445. The lowest BCUT2D eigenvalue weighted by atomic mass is 10.0. The second kappa shape index (κ2) is 5.10. The molecule has 1 N–H and O–H groups in total. The van der Waals surface area contributed by atoms with Crippen molar-refractivity contribution in [1.82, 2.24) is 10.2 Å². The summed E-state index contributed by atoms with van der Waals surface area (Å²) in [4.78, 5) is 2.11.